The molecule has 0 saturated carbocycles. The summed E-state index contributed by atoms with van der Waals surface area (Å²) in [7, 11) is 1.85. The lowest BCUT2D eigenvalue weighted by Gasteiger charge is -2.12. The number of alkyl halides is 3. The Kier molecular flexibility index (Phi) is 4.08. The van der Waals surface area contributed by atoms with E-state index in [-0.39, 0.29) is 0 Å². The highest BCUT2D eigenvalue weighted by atomic mass is 19.4. The lowest BCUT2D eigenvalue weighted by Crippen LogP contribution is -2.31. The summed E-state index contributed by atoms with van der Waals surface area (Å²) in [6.07, 6.45) is -2.43. The lowest BCUT2D eigenvalue weighted by molar-refractivity contribution is -0.660. The van der Waals surface area contributed by atoms with Crippen LogP contribution in [0.15, 0.2) is 36.5 Å². The summed E-state index contributed by atoms with van der Waals surface area (Å²) >= 11 is 0. The Balaban J connectivity index is 2.63. The molecule has 1 aromatic heterocycles. The molecule has 0 aliphatic carbocycles. The fourth-order valence-electron chi connectivity index (χ4n) is 2.29. The highest BCUT2D eigenvalue weighted by molar-refractivity contribution is 5.63. The maximum absolute atomic E-state index is 12.9. The number of halogens is 3. The Morgan fingerprint density at radius 3 is 2.29 bits per heavy atom. The molecule has 0 unspecified atom stereocenters. The van der Waals surface area contributed by atoms with Crippen molar-refractivity contribution in [1.82, 2.24) is 0 Å². The van der Waals surface area contributed by atoms with Gasteiger partial charge in [-0.15, -0.1) is 0 Å². The molecule has 0 radical (unpaired) electrons. The first-order valence-corrected chi connectivity index (χ1v) is 6.88. The SMILES string of the molecule is Cc1ccc(C(F)(F)F)cc1-c1cc(C(C)C)cc[n+]1C. The van der Waals surface area contributed by atoms with Gasteiger partial charge in [-0.05, 0) is 36.1 Å². The summed E-state index contributed by atoms with van der Waals surface area (Å²) in [4.78, 5) is 0. The molecule has 21 heavy (non-hydrogen) atoms. The van der Waals surface area contributed by atoms with E-state index in [1.165, 1.54) is 12.1 Å². The second-order valence-corrected chi connectivity index (χ2v) is 5.64. The van der Waals surface area contributed by atoms with E-state index >= 15 is 0 Å². The third kappa shape index (κ3) is 3.26. The van der Waals surface area contributed by atoms with Crippen molar-refractivity contribution in [2.24, 2.45) is 7.05 Å². The minimum Gasteiger partial charge on any atom is -0.201 e. The standard InChI is InChI=1S/C17H19F3N/c1-11(2)13-7-8-21(4)16(9-13)15-10-14(17(18,19)20)6-5-12(15)3/h5-11H,1-4H3/q+1. The van der Waals surface area contributed by atoms with Crippen molar-refractivity contribution >= 4 is 0 Å². The number of aryl methyl sites for hydroxylation is 2. The van der Waals surface area contributed by atoms with Crippen LogP contribution in [0.4, 0.5) is 13.2 Å². The molecule has 0 bridgehead atoms. The molecular weight excluding hydrogens is 275 g/mol. The normalized spacial score (nSPS) is 12.0. The van der Waals surface area contributed by atoms with Crippen LogP contribution in [0.2, 0.25) is 0 Å². The summed E-state index contributed by atoms with van der Waals surface area (Å²) in [5.41, 5.74) is 2.75. The van der Waals surface area contributed by atoms with E-state index in [1.54, 1.807) is 0 Å². The molecule has 0 N–H and O–H groups in total. The van der Waals surface area contributed by atoms with Crippen LogP contribution in [-0.4, -0.2) is 0 Å². The summed E-state index contributed by atoms with van der Waals surface area (Å²) in [5.74, 6) is 0.330. The number of benzene rings is 1. The maximum Gasteiger partial charge on any atom is 0.416 e. The summed E-state index contributed by atoms with van der Waals surface area (Å²) < 4.78 is 40.6. The molecule has 0 aliphatic heterocycles. The first kappa shape index (κ1) is 15.5. The van der Waals surface area contributed by atoms with Gasteiger partial charge in [0.15, 0.2) is 6.20 Å². The largest absolute Gasteiger partial charge is 0.416 e. The average Bonchev–Trinajstić information content (AvgIpc) is 2.38. The van der Waals surface area contributed by atoms with Gasteiger partial charge in [-0.2, -0.15) is 13.2 Å². The van der Waals surface area contributed by atoms with Gasteiger partial charge in [0.05, 0.1) is 5.56 Å². The van der Waals surface area contributed by atoms with Crippen molar-refractivity contribution in [3.63, 3.8) is 0 Å². The Morgan fingerprint density at radius 2 is 1.71 bits per heavy atom. The van der Waals surface area contributed by atoms with Gasteiger partial charge in [0.1, 0.15) is 7.05 Å². The molecule has 0 spiro atoms. The highest BCUT2D eigenvalue weighted by Crippen LogP contribution is 2.33. The van der Waals surface area contributed by atoms with Gasteiger partial charge in [-0.1, -0.05) is 19.9 Å². The first-order chi connectivity index (χ1) is 9.70. The monoisotopic (exact) mass is 294 g/mol. The fraction of sp³-hybridized carbons (Fsp3) is 0.353. The van der Waals surface area contributed by atoms with E-state index in [2.05, 4.69) is 13.8 Å². The van der Waals surface area contributed by atoms with Gasteiger partial charge in [0.2, 0.25) is 5.69 Å². The number of rotatable bonds is 2. The summed E-state index contributed by atoms with van der Waals surface area (Å²) in [6.45, 7) is 5.97. The molecule has 1 nitrogen and oxygen atoms in total. The molecule has 0 aliphatic rings. The van der Waals surface area contributed by atoms with E-state index in [1.807, 2.05) is 36.9 Å². The van der Waals surface area contributed by atoms with Crippen LogP contribution in [0, 0.1) is 6.92 Å². The van der Waals surface area contributed by atoms with Crippen molar-refractivity contribution in [2.75, 3.05) is 0 Å². The molecule has 2 rings (SSSR count). The number of hydrogen-bond donors (Lipinski definition) is 0. The third-order valence-corrected chi connectivity index (χ3v) is 3.68. The number of hydrogen-bond acceptors (Lipinski definition) is 0. The van der Waals surface area contributed by atoms with E-state index in [9.17, 15) is 13.2 Å². The van der Waals surface area contributed by atoms with Crippen molar-refractivity contribution in [2.45, 2.75) is 32.9 Å². The Bertz CT molecular complexity index is 658. The Morgan fingerprint density at radius 1 is 1.05 bits per heavy atom. The lowest BCUT2D eigenvalue weighted by atomic mass is 9.97. The van der Waals surface area contributed by atoms with Crippen LogP contribution < -0.4 is 4.57 Å². The quantitative estimate of drug-likeness (QED) is 0.711. The van der Waals surface area contributed by atoms with E-state index < -0.39 is 11.7 Å². The van der Waals surface area contributed by atoms with Crippen LogP contribution in [0.25, 0.3) is 11.3 Å². The topological polar surface area (TPSA) is 3.88 Å². The average molecular weight is 294 g/mol. The van der Waals surface area contributed by atoms with Gasteiger partial charge in [0.25, 0.3) is 0 Å². The molecule has 112 valence electrons. The molecule has 2 aromatic rings. The Labute approximate surface area is 123 Å². The molecule has 1 heterocycles. The van der Waals surface area contributed by atoms with Crippen molar-refractivity contribution in [3.8, 4) is 11.3 Å². The summed E-state index contributed by atoms with van der Waals surface area (Å²) in [6, 6.07) is 7.85. The second-order valence-electron chi connectivity index (χ2n) is 5.64. The third-order valence-electron chi connectivity index (χ3n) is 3.68. The van der Waals surface area contributed by atoms with Crippen LogP contribution in [0.1, 0.15) is 36.5 Å². The van der Waals surface area contributed by atoms with Crippen LogP contribution in [0.3, 0.4) is 0 Å². The van der Waals surface area contributed by atoms with Gasteiger partial charge in [-0.3, -0.25) is 0 Å². The first-order valence-electron chi connectivity index (χ1n) is 6.88. The van der Waals surface area contributed by atoms with E-state index in [4.69, 9.17) is 0 Å². The number of nitrogens with zero attached hydrogens (tertiary/aromatic N) is 1. The predicted molar refractivity (Wildman–Crippen MR) is 76.9 cm³/mol. The minimum absolute atomic E-state index is 0.330. The molecule has 1 aromatic carbocycles. The molecule has 4 heteroatoms. The van der Waals surface area contributed by atoms with Gasteiger partial charge >= 0.3 is 6.18 Å². The Hall–Kier alpha value is -1.84. The van der Waals surface area contributed by atoms with Crippen LogP contribution >= 0.6 is 0 Å². The minimum atomic E-state index is -4.32. The van der Waals surface area contributed by atoms with E-state index in [0.29, 0.717) is 11.5 Å². The second kappa shape index (κ2) is 5.51. The molecule has 0 amide bonds. The molecule has 0 saturated heterocycles. The zero-order valence-corrected chi connectivity index (χ0v) is 12.6. The zero-order valence-electron chi connectivity index (χ0n) is 12.6. The van der Waals surface area contributed by atoms with Gasteiger partial charge < -0.3 is 0 Å². The van der Waals surface area contributed by atoms with Gasteiger partial charge in [-0.25, -0.2) is 4.57 Å². The van der Waals surface area contributed by atoms with E-state index in [0.717, 1.165) is 22.9 Å². The molecular formula is C17H19F3N+. The molecule has 0 fully saturated rings. The smallest absolute Gasteiger partial charge is 0.201 e. The van der Waals surface area contributed by atoms with Gasteiger partial charge in [0, 0.05) is 17.7 Å². The summed E-state index contributed by atoms with van der Waals surface area (Å²) in [5, 5.41) is 0. The maximum atomic E-state index is 12.9. The number of pyridine rings is 1. The molecule has 0 atom stereocenters. The van der Waals surface area contributed by atoms with Crippen LogP contribution in [-0.2, 0) is 13.2 Å². The van der Waals surface area contributed by atoms with Crippen molar-refractivity contribution < 1.29 is 17.7 Å². The number of aromatic nitrogens is 1. The van der Waals surface area contributed by atoms with Crippen LogP contribution in [0.5, 0.6) is 0 Å². The van der Waals surface area contributed by atoms with Crippen molar-refractivity contribution in [1.29, 1.82) is 0 Å². The highest BCUT2D eigenvalue weighted by Gasteiger charge is 2.31. The van der Waals surface area contributed by atoms with Crippen molar-refractivity contribution in [3.05, 3.63) is 53.2 Å². The fourth-order valence-corrected chi connectivity index (χ4v) is 2.29. The predicted octanol–water partition coefficient (Wildman–Crippen LogP) is 4.63. The zero-order chi connectivity index (χ0) is 15.8.